The lowest BCUT2D eigenvalue weighted by Gasteiger charge is -2.38. The molecule has 5 atom stereocenters. The average Bonchev–Trinajstić information content (AvgIpc) is 3.00. The van der Waals surface area contributed by atoms with Gasteiger partial charge in [0.2, 0.25) is 23.6 Å². The first-order valence-corrected chi connectivity index (χ1v) is 14.5. The Morgan fingerprint density at radius 3 is 1.56 bits per heavy atom. The second-order valence-electron chi connectivity index (χ2n) is 9.71. The fraction of sp³-hybridized carbons (Fsp3) is 0.846. The van der Waals surface area contributed by atoms with Crippen LogP contribution in [0.4, 0.5) is 0 Å². The van der Waals surface area contributed by atoms with Gasteiger partial charge in [0.1, 0.15) is 18.3 Å². The summed E-state index contributed by atoms with van der Waals surface area (Å²) in [5.74, 6) is 3.75. The normalized spacial score (nSPS) is 21.7. The Kier molecular flexibility index (Phi) is 21.4. The zero-order chi connectivity index (χ0) is 31.9. The summed E-state index contributed by atoms with van der Waals surface area (Å²) in [7, 11) is 0. The first kappa shape index (κ1) is 38.5. The standard InChI is InChI=1S/C26H49N5O12/c1-18-23(36)24(37)25(38)26(43-18)42-13-10-30-21(34)5-4-19(32)28-8-2-11-39-14-16-41-17-15-40-12-3-9-29-20(33)6-7-22(35)31-27/h18,23-26,36-38H,2-17,27H2,1H3,(H,28,32)(H,29,33)(H,30,34)(H,31,35)/t18-,23+,24+,25-,26+/m1/s1. The summed E-state index contributed by atoms with van der Waals surface area (Å²) in [5, 5.41) is 37.3. The van der Waals surface area contributed by atoms with E-state index in [9.17, 15) is 34.5 Å². The number of hydrazine groups is 1. The maximum Gasteiger partial charge on any atom is 0.234 e. The van der Waals surface area contributed by atoms with Gasteiger partial charge in [-0.2, -0.15) is 0 Å². The van der Waals surface area contributed by atoms with Gasteiger partial charge in [0.05, 0.1) is 39.1 Å². The number of amides is 4. The van der Waals surface area contributed by atoms with E-state index in [2.05, 4.69) is 16.0 Å². The summed E-state index contributed by atoms with van der Waals surface area (Å²) in [6, 6.07) is 0. The van der Waals surface area contributed by atoms with Crippen LogP contribution in [0, 0.1) is 0 Å². The number of aliphatic hydroxyl groups is 3. The molecule has 1 saturated heterocycles. The van der Waals surface area contributed by atoms with Crippen molar-refractivity contribution in [3.05, 3.63) is 0 Å². The molecule has 9 N–H and O–H groups in total. The van der Waals surface area contributed by atoms with Crippen molar-refractivity contribution in [2.45, 2.75) is 76.2 Å². The van der Waals surface area contributed by atoms with Crippen LogP contribution in [0.2, 0.25) is 0 Å². The molecule has 1 aliphatic rings. The molecule has 17 heteroatoms. The minimum absolute atomic E-state index is 0.00133. The van der Waals surface area contributed by atoms with E-state index in [0.29, 0.717) is 65.6 Å². The lowest BCUT2D eigenvalue weighted by atomic mass is 10.0. The van der Waals surface area contributed by atoms with Crippen molar-refractivity contribution in [2.75, 3.05) is 65.9 Å². The van der Waals surface area contributed by atoms with E-state index >= 15 is 0 Å². The topological polar surface area (TPSA) is 249 Å². The summed E-state index contributed by atoms with van der Waals surface area (Å²) >= 11 is 0. The van der Waals surface area contributed by atoms with Gasteiger partial charge in [-0.3, -0.25) is 24.6 Å². The van der Waals surface area contributed by atoms with Crippen LogP contribution in [-0.4, -0.2) is 136 Å². The van der Waals surface area contributed by atoms with Crippen LogP contribution < -0.4 is 27.2 Å². The van der Waals surface area contributed by atoms with Gasteiger partial charge in [-0.25, -0.2) is 5.84 Å². The first-order chi connectivity index (χ1) is 20.6. The number of hydrogen-bond donors (Lipinski definition) is 8. The van der Waals surface area contributed by atoms with Gasteiger partial charge < -0.3 is 55.0 Å². The van der Waals surface area contributed by atoms with Crippen LogP contribution in [0.1, 0.15) is 45.4 Å². The number of aliphatic hydroxyl groups excluding tert-OH is 3. The highest BCUT2D eigenvalue weighted by Gasteiger charge is 2.42. The molecule has 1 rings (SSSR count). The Bertz CT molecular complexity index is 808. The zero-order valence-electron chi connectivity index (χ0n) is 24.8. The van der Waals surface area contributed by atoms with Crippen molar-refractivity contribution < 1.29 is 58.2 Å². The molecule has 0 bridgehead atoms. The van der Waals surface area contributed by atoms with E-state index < -0.39 is 30.7 Å². The molecule has 0 radical (unpaired) electrons. The van der Waals surface area contributed by atoms with Gasteiger partial charge in [0.15, 0.2) is 6.29 Å². The van der Waals surface area contributed by atoms with E-state index in [0.717, 1.165) is 0 Å². The second kappa shape index (κ2) is 23.9. The predicted molar refractivity (Wildman–Crippen MR) is 150 cm³/mol. The molecule has 250 valence electrons. The van der Waals surface area contributed by atoms with Crippen molar-refractivity contribution >= 4 is 23.6 Å². The molecule has 0 aromatic carbocycles. The Balaban J connectivity index is 1.85. The third-order valence-corrected chi connectivity index (χ3v) is 6.15. The molecule has 0 aliphatic carbocycles. The largest absolute Gasteiger partial charge is 0.388 e. The van der Waals surface area contributed by atoms with E-state index in [1.807, 2.05) is 5.43 Å². The fourth-order valence-electron chi connectivity index (χ4n) is 3.65. The van der Waals surface area contributed by atoms with Crippen molar-refractivity contribution in [2.24, 2.45) is 5.84 Å². The van der Waals surface area contributed by atoms with Crippen LogP contribution >= 0.6 is 0 Å². The Hall–Kier alpha value is -2.48. The highest BCUT2D eigenvalue weighted by molar-refractivity contribution is 5.84. The number of ether oxygens (including phenoxy) is 5. The summed E-state index contributed by atoms with van der Waals surface area (Å²) in [5.41, 5.74) is 1.97. The van der Waals surface area contributed by atoms with E-state index in [1.54, 1.807) is 6.92 Å². The molecule has 1 aliphatic heterocycles. The van der Waals surface area contributed by atoms with Crippen molar-refractivity contribution in [1.29, 1.82) is 0 Å². The Morgan fingerprint density at radius 1 is 0.628 bits per heavy atom. The molecule has 0 aromatic heterocycles. The highest BCUT2D eigenvalue weighted by atomic mass is 16.7. The number of rotatable bonds is 24. The smallest absolute Gasteiger partial charge is 0.234 e. The average molecular weight is 624 g/mol. The van der Waals surface area contributed by atoms with Gasteiger partial charge in [-0.1, -0.05) is 0 Å². The minimum atomic E-state index is -1.41. The predicted octanol–water partition coefficient (Wildman–Crippen LogP) is -3.44. The third-order valence-electron chi connectivity index (χ3n) is 6.15. The van der Waals surface area contributed by atoms with Crippen molar-refractivity contribution in [3.8, 4) is 0 Å². The number of nitrogens with two attached hydrogens (primary N) is 1. The van der Waals surface area contributed by atoms with Crippen LogP contribution in [0.15, 0.2) is 0 Å². The molecule has 1 heterocycles. The van der Waals surface area contributed by atoms with E-state index in [-0.39, 0.29) is 62.5 Å². The molecule has 0 aromatic rings. The third kappa shape index (κ3) is 18.7. The maximum absolute atomic E-state index is 11.9. The lowest BCUT2D eigenvalue weighted by molar-refractivity contribution is -0.292. The summed E-state index contributed by atoms with van der Waals surface area (Å²) in [6.45, 7) is 5.08. The van der Waals surface area contributed by atoms with Gasteiger partial charge >= 0.3 is 0 Å². The molecule has 1 fully saturated rings. The van der Waals surface area contributed by atoms with Gasteiger partial charge in [0.25, 0.3) is 0 Å². The highest BCUT2D eigenvalue weighted by Crippen LogP contribution is 2.21. The van der Waals surface area contributed by atoms with Crippen molar-refractivity contribution in [1.82, 2.24) is 21.4 Å². The van der Waals surface area contributed by atoms with E-state index in [4.69, 9.17) is 29.5 Å². The van der Waals surface area contributed by atoms with Gasteiger partial charge in [-0.05, 0) is 19.8 Å². The maximum atomic E-state index is 11.9. The number of hydrogen-bond acceptors (Lipinski definition) is 13. The van der Waals surface area contributed by atoms with Crippen LogP contribution in [0.25, 0.3) is 0 Å². The van der Waals surface area contributed by atoms with Crippen molar-refractivity contribution in [3.63, 3.8) is 0 Å². The zero-order valence-corrected chi connectivity index (χ0v) is 24.8. The molecule has 0 unspecified atom stereocenters. The summed E-state index contributed by atoms with van der Waals surface area (Å²) in [6.07, 6.45) is -4.45. The summed E-state index contributed by atoms with van der Waals surface area (Å²) < 4.78 is 26.9. The quantitative estimate of drug-likeness (QED) is 0.0226. The summed E-state index contributed by atoms with van der Waals surface area (Å²) in [4.78, 5) is 46.3. The Labute approximate surface area is 251 Å². The van der Waals surface area contributed by atoms with Crippen LogP contribution in [0.3, 0.4) is 0 Å². The number of carbonyl (C=O) groups excluding carboxylic acids is 4. The number of nitrogens with one attached hydrogen (secondary N) is 4. The van der Waals surface area contributed by atoms with Crippen LogP contribution in [-0.2, 0) is 42.9 Å². The molecule has 0 saturated carbocycles. The van der Waals surface area contributed by atoms with E-state index in [1.165, 1.54) is 0 Å². The van der Waals surface area contributed by atoms with Gasteiger partial charge in [-0.15, -0.1) is 0 Å². The minimum Gasteiger partial charge on any atom is -0.388 e. The van der Waals surface area contributed by atoms with Gasteiger partial charge in [0, 0.05) is 58.5 Å². The molecular weight excluding hydrogens is 574 g/mol. The molecular formula is C26H49N5O12. The Morgan fingerprint density at radius 2 is 1.07 bits per heavy atom. The van der Waals surface area contributed by atoms with Crippen LogP contribution in [0.5, 0.6) is 0 Å². The number of carbonyl (C=O) groups is 4. The second-order valence-corrected chi connectivity index (χ2v) is 9.71. The first-order valence-electron chi connectivity index (χ1n) is 14.5. The monoisotopic (exact) mass is 623 g/mol. The molecule has 17 nitrogen and oxygen atoms in total. The molecule has 0 spiro atoms. The molecule has 43 heavy (non-hydrogen) atoms. The fourth-order valence-corrected chi connectivity index (χ4v) is 3.65. The lowest BCUT2D eigenvalue weighted by Crippen LogP contribution is -2.57. The molecule has 4 amide bonds. The SMILES string of the molecule is C[C@H]1O[C@H](OCCNC(=O)CCC(=O)NCCCOCCOCCOCCCNC(=O)CCC(=O)NN)[C@H](O)[C@@H](O)[C@H]1O.